The van der Waals surface area contributed by atoms with Gasteiger partial charge < -0.3 is 10.0 Å². The summed E-state index contributed by atoms with van der Waals surface area (Å²) < 4.78 is 0. The lowest BCUT2D eigenvalue weighted by molar-refractivity contribution is -0.141. The zero-order valence-corrected chi connectivity index (χ0v) is 11.3. The second kappa shape index (κ2) is 4.90. The van der Waals surface area contributed by atoms with Crippen molar-refractivity contribution in [1.82, 2.24) is 4.90 Å². The van der Waals surface area contributed by atoms with E-state index >= 15 is 0 Å². The summed E-state index contributed by atoms with van der Waals surface area (Å²) in [6.45, 7) is 6.09. The van der Waals surface area contributed by atoms with E-state index in [-0.39, 0.29) is 23.2 Å². The van der Waals surface area contributed by atoms with Crippen molar-refractivity contribution in [2.24, 2.45) is 17.3 Å². The van der Waals surface area contributed by atoms with Gasteiger partial charge in [0.2, 0.25) is 5.91 Å². The number of carboxylic acids is 1. The number of carboxylic acid groups (broad SMARTS) is 1. The monoisotopic (exact) mass is 253 g/mol. The van der Waals surface area contributed by atoms with Crippen molar-refractivity contribution in [3.8, 4) is 0 Å². The lowest BCUT2D eigenvalue weighted by Gasteiger charge is -2.24. The summed E-state index contributed by atoms with van der Waals surface area (Å²) in [5.74, 6) is -0.912. The van der Waals surface area contributed by atoms with Gasteiger partial charge in [-0.25, -0.2) is 0 Å². The molecular formula is C14H23NO3. The van der Waals surface area contributed by atoms with E-state index in [9.17, 15) is 9.59 Å². The lowest BCUT2D eigenvalue weighted by atomic mass is 9.87. The molecule has 4 heteroatoms. The highest BCUT2D eigenvalue weighted by Crippen LogP contribution is 2.37. The number of rotatable bonds is 3. The molecule has 0 aromatic rings. The standard InChI is InChI=1S/C14H23NO3/c1-3-14(2)6-7-15(9-14)12(16)10-4-5-11(8-10)13(17)18/h10-11H,3-9H2,1-2H3,(H,17,18)/t10-,11+,14?/m1/s1. The van der Waals surface area contributed by atoms with E-state index in [1.165, 1.54) is 0 Å². The molecule has 1 heterocycles. The van der Waals surface area contributed by atoms with Crippen molar-refractivity contribution in [3.63, 3.8) is 0 Å². The zero-order chi connectivity index (χ0) is 13.3. The number of aliphatic carboxylic acids is 1. The summed E-state index contributed by atoms with van der Waals surface area (Å²) in [7, 11) is 0. The van der Waals surface area contributed by atoms with E-state index in [1.807, 2.05) is 4.90 Å². The first kappa shape index (κ1) is 13.4. The third-order valence-corrected chi connectivity index (χ3v) is 4.85. The molecule has 1 saturated heterocycles. The Hall–Kier alpha value is -1.06. The third-order valence-electron chi connectivity index (χ3n) is 4.85. The van der Waals surface area contributed by atoms with Crippen molar-refractivity contribution in [1.29, 1.82) is 0 Å². The molecule has 0 spiro atoms. The van der Waals surface area contributed by atoms with Gasteiger partial charge in [0.05, 0.1) is 5.92 Å². The predicted octanol–water partition coefficient (Wildman–Crippen LogP) is 2.14. The number of hydrogen-bond acceptors (Lipinski definition) is 2. The number of carbonyl (C=O) groups is 2. The van der Waals surface area contributed by atoms with Crippen LogP contribution in [0.15, 0.2) is 0 Å². The zero-order valence-electron chi connectivity index (χ0n) is 11.3. The molecule has 18 heavy (non-hydrogen) atoms. The fourth-order valence-electron chi connectivity index (χ4n) is 3.19. The SMILES string of the molecule is CCC1(C)CCN(C(=O)[C@@H]2CC[C@H](C(=O)O)C2)C1. The lowest BCUT2D eigenvalue weighted by Crippen LogP contribution is -2.35. The van der Waals surface area contributed by atoms with Gasteiger partial charge in [0.1, 0.15) is 0 Å². The van der Waals surface area contributed by atoms with E-state index in [4.69, 9.17) is 5.11 Å². The molecule has 2 fully saturated rings. The van der Waals surface area contributed by atoms with Gasteiger partial charge in [-0.2, -0.15) is 0 Å². The van der Waals surface area contributed by atoms with Gasteiger partial charge in [-0.15, -0.1) is 0 Å². The number of hydrogen-bond donors (Lipinski definition) is 1. The normalized spacial score (nSPS) is 36.0. The maximum absolute atomic E-state index is 12.4. The summed E-state index contributed by atoms with van der Waals surface area (Å²) in [5, 5.41) is 8.97. The summed E-state index contributed by atoms with van der Waals surface area (Å²) in [6, 6.07) is 0. The minimum absolute atomic E-state index is 0.0506. The van der Waals surface area contributed by atoms with Crippen LogP contribution in [0.25, 0.3) is 0 Å². The average Bonchev–Trinajstić information content (AvgIpc) is 2.95. The average molecular weight is 253 g/mol. The Kier molecular flexibility index (Phi) is 3.64. The van der Waals surface area contributed by atoms with Crippen molar-refractivity contribution in [2.45, 2.75) is 46.0 Å². The fourth-order valence-corrected chi connectivity index (χ4v) is 3.19. The Morgan fingerprint density at radius 3 is 2.50 bits per heavy atom. The molecule has 1 aliphatic heterocycles. The van der Waals surface area contributed by atoms with Crippen LogP contribution in [0.5, 0.6) is 0 Å². The molecule has 1 saturated carbocycles. The largest absolute Gasteiger partial charge is 0.481 e. The molecule has 102 valence electrons. The topological polar surface area (TPSA) is 57.6 Å². The second-order valence-corrected chi connectivity index (χ2v) is 6.22. The molecule has 0 bridgehead atoms. The Morgan fingerprint density at radius 1 is 1.33 bits per heavy atom. The molecular weight excluding hydrogens is 230 g/mol. The highest BCUT2D eigenvalue weighted by atomic mass is 16.4. The molecule has 0 aromatic heterocycles. The minimum atomic E-state index is -0.745. The van der Waals surface area contributed by atoms with Crippen molar-refractivity contribution < 1.29 is 14.7 Å². The second-order valence-electron chi connectivity index (χ2n) is 6.22. The Balaban J connectivity index is 1.92. The highest BCUT2D eigenvalue weighted by Gasteiger charge is 2.40. The Morgan fingerprint density at radius 2 is 2.00 bits per heavy atom. The maximum Gasteiger partial charge on any atom is 0.306 e. The van der Waals surface area contributed by atoms with E-state index in [0.29, 0.717) is 12.8 Å². The van der Waals surface area contributed by atoms with Crippen LogP contribution in [0.4, 0.5) is 0 Å². The van der Waals surface area contributed by atoms with Crippen LogP contribution in [-0.4, -0.2) is 35.0 Å². The molecule has 2 rings (SSSR count). The smallest absolute Gasteiger partial charge is 0.306 e. The summed E-state index contributed by atoms with van der Waals surface area (Å²) in [5.41, 5.74) is 0.264. The van der Waals surface area contributed by atoms with Crippen LogP contribution in [0, 0.1) is 17.3 Å². The minimum Gasteiger partial charge on any atom is -0.481 e. The molecule has 1 N–H and O–H groups in total. The van der Waals surface area contributed by atoms with Crippen LogP contribution in [0.2, 0.25) is 0 Å². The van der Waals surface area contributed by atoms with Crippen LogP contribution in [0.3, 0.4) is 0 Å². The van der Waals surface area contributed by atoms with Crippen molar-refractivity contribution in [3.05, 3.63) is 0 Å². The van der Waals surface area contributed by atoms with Gasteiger partial charge in [0.15, 0.2) is 0 Å². The summed E-state index contributed by atoms with van der Waals surface area (Å²) in [6.07, 6.45) is 4.11. The van der Waals surface area contributed by atoms with Crippen LogP contribution in [0.1, 0.15) is 46.0 Å². The first-order valence-electron chi connectivity index (χ1n) is 6.97. The maximum atomic E-state index is 12.4. The molecule has 1 aliphatic carbocycles. The quantitative estimate of drug-likeness (QED) is 0.838. The van der Waals surface area contributed by atoms with Crippen LogP contribution >= 0.6 is 0 Å². The predicted molar refractivity (Wildman–Crippen MR) is 68.1 cm³/mol. The molecule has 2 aliphatic rings. The molecule has 1 unspecified atom stereocenters. The van der Waals surface area contributed by atoms with Crippen LogP contribution < -0.4 is 0 Å². The number of amides is 1. The molecule has 0 aromatic carbocycles. The van der Waals surface area contributed by atoms with E-state index in [2.05, 4.69) is 13.8 Å². The Labute approximate surface area is 108 Å². The van der Waals surface area contributed by atoms with Gasteiger partial charge in [-0.05, 0) is 37.5 Å². The summed E-state index contributed by atoms with van der Waals surface area (Å²) >= 11 is 0. The van der Waals surface area contributed by atoms with E-state index in [0.717, 1.165) is 32.4 Å². The fraction of sp³-hybridized carbons (Fsp3) is 0.857. The van der Waals surface area contributed by atoms with Crippen molar-refractivity contribution >= 4 is 11.9 Å². The van der Waals surface area contributed by atoms with Crippen LogP contribution in [-0.2, 0) is 9.59 Å². The molecule has 1 amide bonds. The third kappa shape index (κ3) is 2.52. The molecule has 0 radical (unpaired) electrons. The Bertz CT molecular complexity index is 355. The number of nitrogens with zero attached hydrogens (tertiary/aromatic N) is 1. The van der Waals surface area contributed by atoms with E-state index in [1.54, 1.807) is 0 Å². The first-order chi connectivity index (χ1) is 8.45. The highest BCUT2D eigenvalue weighted by molar-refractivity contribution is 5.81. The van der Waals surface area contributed by atoms with Gasteiger partial charge >= 0.3 is 5.97 Å². The van der Waals surface area contributed by atoms with Gasteiger partial charge in [0.25, 0.3) is 0 Å². The molecule has 4 nitrogen and oxygen atoms in total. The van der Waals surface area contributed by atoms with Gasteiger partial charge in [-0.1, -0.05) is 13.8 Å². The first-order valence-corrected chi connectivity index (χ1v) is 6.97. The summed E-state index contributed by atoms with van der Waals surface area (Å²) in [4.78, 5) is 25.2. The number of carbonyl (C=O) groups excluding carboxylic acids is 1. The van der Waals surface area contributed by atoms with Gasteiger partial charge in [0, 0.05) is 19.0 Å². The van der Waals surface area contributed by atoms with E-state index < -0.39 is 5.97 Å². The van der Waals surface area contributed by atoms with Crippen molar-refractivity contribution in [2.75, 3.05) is 13.1 Å². The number of likely N-dealkylation sites (tertiary alicyclic amines) is 1. The van der Waals surface area contributed by atoms with Gasteiger partial charge in [-0.3, -0.25) is 9.59 Å². The molecule has 3 atom stereocenters.